The van der Waals surface area contributed by atoms with Crippen molar-refractivity contribution in [3.63, 3.8) is 0 Å². The molecule has 0 N–H and O–H groups in total. The predicted molar refractivity (Wildman–Crippen MR) is 96.5 cm³/mol. The number of carbonyl (C=O) groups excluding carboxylic acids is 1. The lowest BCUT2D eigenvalue weighted by atomic mass is 9.54. The summed E-state index contributed by atoms with van der Waals surface area (Å²) in [6, 6.07) is 0. The number of esters is 1. The summed E-state index contributed by atoms with van der Waals surface area (Å²) in [7, 11) is 4.27. The Bertz CT molecular complexity index is 353. The first-order chi connectivity index (χ1) is 9.64. The van der Waals surface area contributed by atoms with Gasteiger partial charge in [0.05, 0.1) is 5.41 Å². The van der Waals surface area contributed by atoms with Crippen molar-refractivity contribution in [2.75, 3.05) is 25.3 Å². The van der Waals surface area contributed by atoms with E-state index in [4.69, 9.17) is 4.74 Å². The van der Waals surface area contributed by atoms with E-state index in [2.05, 4.69) is 69.3 Å². The Morgan fingerprint density at radius 2 is 1.95 bits per heavy atom. The first kappa shape index (κ1) is 19.2. The highest BCUT2D eigenvalue weighted by Crippen LogP contribution is 2.53. The van der Waals surface area contributed by atoms with Crippen molar-refractivity contribution in [2.24, 2.45) is 22.7 Å². The van der Waals surface area contributed by atoms with Crippen LogP contribution in [0.1, 0.15) is 53.4 Å². The highest BCUT2D eigenvalue weighted by atomic mass is 127. The molecule has 0 bridgehead atoms. The lowest BCUT2D eigenvalue weighted by Gasteiger charge is -2.51. The molecule has 0 heterocycles. The van der Waals surface area contributed by atoms with Crippen LogP contribution in [-0.2, 0) is 9.53 Å². The Kier molecular flexibility index (Phi) is 6.97. The third-order valence-electron chi connectivity index (χ3n) is 5.50. The molecule has 1 unspecified atom stereocenters. The Hall–Kier alpha value is 0.160. The number of carbonyl (C=O) groups is 1. The van der Waals surface area contributed by atoms with E-state index in [9.17, 15) is 4.79 Å². The number of halogens is 1. The molecule has 3 nitrogen and oxygen atoms in total. The van der Waals surface area contributed by atoms with Crippen molar-refractivity contribution in [3.05, 3.63) is 0 Å². The topological polar surface area (TPSA) is 29.5 Å². The maximum atomic E-state index is 12.4. The van der Waals surface area contributed by atoms with E-state index in [-0.39, 0.29) is 11.4 Å². The summed E-state index contributed by atoms with van der Waals surface area (Å²) in [4.78, 5) is 14.6. The van der Waals surface area contributed by atoms with Gasteiger partial charge in [-0.05, 0) is 93.6 Å². The Morgan fingerprint density at radius 1 is 1.33 bits per heavy atom. The fourth-order valence-corrected chi connectivity index (χ4v) is 4.48. The SMILES string of the molecule is CN(C)CCC1CCC[C@H](C(C)(C)C(=O)OCI)C1(C)C. The number of hydrogen-bond acceptors (Lipinski definition) is 3. The Labute approximate surface area is 144 Å². The standard InChI is InChI=1S/C17H32INO2/c1-16(2)13(10-11-19(5)6)8-7-9-14(16)17(3,4)15(20)21-12-18/h13-14H,7-12H2,1-6H3/t13?,14-/m0/s1. The van der Waals surface area contributed by atoms with Crippen LogP contribution in [0.25, 0.3) is 0 Å². The van der Waals surface area contributed by atoms with Crippen LogP contribution in [0.3, 0.4) is 0 Å². The molecule has 0 radical (unpaired) electrons. The third-order valence-corrected chi connectivity index (χ3v) is 5.81. The molecule has 21 heavy (non-hydrogen) atoms. The van der Waals surface area contributed by atoms with Gasteiger partial charge in [0.2, 0.25) is 0 Å². The molecule has 1 aliphatic rings. The number of alkyl halides is 1. The van der Waals surface area contributed by atoms with E-state index >= 15 is 0 Å². The maximum absolute atomic E-state index is 12.4. The minimum absolute atomic E-state index is 0.0387. The highest BCUT2D eigenvalue weighted by Gasteiger charge is 2.50. The van der Waals surface area contributed by atoms with Crippen LogP contribution < -0.4 is 0 Å². The Morgan fingerprint density at radius 3 is 2.48 bits per heavy atom. The van der Waals surface area contributed by atoms with Crippen molar-refractivity contribution in [1.29, 1.82) is 0 Å². The zero-order valence-corrected chi connectivity index (χ0v) is 16.7. The zero-order chi connectivity index (χ0) is 16.3. The van der Waals surface area contributed by atoms with Crippen molar-refractivity contribution in [1.82, 2.24) is 4.90 Å². The van der Waals surface area contributed by atoms with Crippen LogP contribution in [0.15, 0.2) is 0 Å². The number of ether oxygens (including phenoxy) is 1. The van der Waals surface area contributed by atoms with Gasteiger partial charge in [-0.25, -0.2) is 0 Å². The van der Waals surface area contributed by atoms with Crippen LogP contribution in [0, 0.1) is 22.7 Å². The van der Waals surface area contributed by atoms with Crippen molar-refractivity contribution >= 4 is 28.6 Å². The molecule has 0 aromatic rings. The summed E-state index contributed by atoms with van der Waals surface area (Å²) in [6.07, 6.45) is 4.87. The van der Waals surface area contributed by atoms with Gasteiger partial charge in [0.15, 0.2) is 0 Å². The molecule has 1 fully saturated rings. The molecular formula is C17H32INO2. The minimum atomic E-state index is -0.397. The van der Waals surface area contributed by atoms with Crippen LogP contribution >= 0.6 is 22.6 Å². The second kappa shape index (κ2) is 7.62. The van der Waals surface area contributed by atoms with E-state index in [1.807, 2.05) is 0 Å². The molecule has 0 saturated heterocycles. The lowest BCUT2D eigenvalue weighted by molar-refractivity contribution is -0.161. The molecule has 1 saturated carbocycles. The van der Waals surface area contributed by atoms with Gasteiger partial charge in [-0.1, -0.05) is 20.3 Å². The molecule has 0 aromatic heterocycles. The molecule has 1 aliphatic carbocycles. The quantitative estimate of drug-likeness (QED) is 0.371. The second-order valence-corrected chi connectivity index (χ2v) is 8.48. The molecule has 0 spiro atoms. The zero-order valence-electron chi connectivity index (χ0n) is 14.5. The summed E-state index contributed by atoms with van der Waals surface area (Å²) in [5, 5.41) is 0. The fourth-order valence-electron chi connectivity index (χ4n) is 4.20. The van der Waals surface area contributed by atoms with Gasteiger partial charge in [-0.2, -0.15) is 0 Å². The van der Waals surface area contributed by atoms with Gasteiger partial charge >= 0.3 is 5.97 Å². The largest absolute Gasteiger partial charge is 0.455 e. The van der Waals surface area contributed by atoms with E-state index in [1.165, 1.54) is 19.3 Å². The van der Waals surface area contributed by atoms with Crippen LogP contribution in [0.4, 0.5) is 0 Å². The minimum Gasteiger partial charge on any atom is -0.455 e. The molecule has 0 aromatic carbocycles. The second-order valence-electron chi connectivity index (χ2n) is 7.86. The van der Waals surface area contributed by atoms with Crippen LogP contribution in [-0.4, -0.2) is 36.1 Å². The molecule has 4 heteroatoms. The van der Waals surface area contributed by atoms with Gasteiger partial charge in [0.25, 0.3) is 0 Å². The lowest BCUT2D eigenvalue weighted by Crippen LogP contribution is -2.48. The third kappa shape index (κ3) is 4.57. The molecule has 124 valence electrons. The normalized spacial score (nSPS) is 25.9. The summed E-state index contributed by atoms with van der Waals surface area (Å²) >= 11 is 2.10. The maximum Gasteiger partial charge on any atom is 0.312 e. The summed E-state index contributed by atoms with van der Waals surface area (Å²) in [5.41, 5.74) is -0.215. The average molecular weight is 409 g/mol. The summed E-state index contributed by atoms with van der Waals surface area (Å²) in [6.45, 7) is 9.98. The molecule has 0 aliphatic heterocycles. The smallest absolute Gasteiger partial charge is 0.312 e. The number of hydrogen-bond donors (Lipinski definition) is 0. The average Bonchev–Trinajstić information content (AvgIpc) is 2.36. The van der Waals surface area contributed by atoms with Crippen molar-refractivity contribution in [3.8, 4) is 0 Å². The number of rotatable bonds is 6. The van der Waals surface area contributed by atoms with Gasteiger partial charge in [0, 0.05) is 0 Å². The van der Waals surface area contributed by atoms with E-state index in [1.54, 1.807) is 0 Å². The first-order valence-electron chi connectivity index (χ1n) is 8.02. The van der Waals surface area contributed by atoms with Crippen LogP contribution in [0.2, 0.25) is 0 Å². The van der Waals surface area contributed by atoms with Crippen molar-refractivity contribution in [2.45, 2.75) is 53.4 Å². The van der Waals surface area contributed by atoms with Crippen LogP contribution in [0.5, 0.6) is 0 Å². The Balaban J connectivity index is 2.88. The molecule has 0 amide bonds. The van der Waals surface area contributed by atoms with E-state index in [0.29, 0.717) is 16.4 Å². The van der Waals surface area contributed by atoms with Gasteiger partial charge in [0.1, 0.15) is 4.61 Å². The molecular weight excluding hydrogens is 377 g/mol. The highest BCUT2D eigenvalue weighted by molar-refractivity contribution is 14.1. The number of nitrogens with zero attached hydrogens (tertiary/aromatic N) is 1. The predicted octanol–water partition coefficient (Wildman–Crippen LogP) is 4.34. The van der Waals surface area contributed by atoms with E-state index in [0.717, 1.165) is 13.0 Å². The first-order valence-corrected chi connectivity index (χ1v) is 9.54. The van der Waals surface area contributed by atoms with Crippen molar-refractivity contribution < 1.29 is 9.53 Å². The summed E-state index contributed by atoms with van der Waals surface area (Å²) in [5.74, 6) is 1.04. The molecule has 2 atom stereocenters. The van der Waals surface area contributed by atoms with Gasteiger partial charge in [-0.15, -0.1) is 0 Å². The molecule has 1 rings (SSSR count). The van der Waals surface area contributed by atoms with E-state index < -0.39 is 5.41 Å². The fraction of sp³-hybridized carbons (Fsp3) is 0.941. The monoisotopic (exact) mass is 409 g/mol. The van der Waals surface area contributed by atoms with Gasteiger partial charge < -0.3 is 9.64 Å². The summed E-state index contributed by atoms with van der Waals surface area (Å²) < 4.78 is 5.77. The van der Waals surface area contributed by atoms with Gasteiger partial charge in [-0.3, -0.25) is 4.79 Å².